The number of carbonyl (C=O) groups excluding carboxylic acids is 2. The highest BCUT2D eigenvalue weighted by molar-refractivity contribution is 6.30. The Morgan fingerprint density at radius 3 is 2.00 bits per heavy atom. The molecule has 0 bridgehead atoms. The topological polar surface area (TPSA) is 67.4 Å². The van der Waals surface area contributed by atoms with E-state index in [2.05, 4.69) is 10.6 Å². The van der Waals surface area contributed by atoms with Crippen molar-refractivity contribution in [2.75, 3.05) is 7.11 Å². The molecule has 0 aliphatic rings. The summed E-state index contributed by atoms with van der Waals surface area (Å²) < 4.78 is 5.25. The minimum absolute atomic E-state index is 0.0979. The van der Waals surface area contributed by atoms with Crippen molar-refractivity contribution in [2.24, 2.45) is 0 Å². The van der Waals surface area contributed by atoms with Gasteiger partial charge in [0.25, 0.3) is 0 Å². The first-order valence-electron chi connectivity index (χ1n) is 9.97. The van der Waals surface area contributed by atoms with Crippen LogP contribution in [-0.2, 0) is 9.59 Å². The van der Waals surface area contributed by atoms with Gasteiger partial charge >= 0.3 is 0 Å². The fourth-order valence-electron chi connectivity index (χ4n) is 3.40. The molecule has 6 heteroatoms. The summed E-state index contributed by atoms with van der Waals surface area (Å²) in [5.74, 6) is 0.358. The van der Waals surface area contributed by atoms with Crippen LogP contribution >= 0.6 is 11.6 Å². The van der Waals surface area contributed by atoms with Crippen LogP contribution < -0.4 is 15.4 Å². The SMILES string of the molecule is COc1ccc(C(NC(=O)CC(NC(C)=O)c2ccc(Cl)cc2)c2ccccc2)cc1. The number of carbonyl (C=O) groups is 2. The molecule has 3 rings (SSSR count). The van der Waals surface area contributed by atoms with Crippen LogP contribution in [0.5, 0.6) is 5.75 Å². The number of benzene rings is 3. The summed E-state index contributed by atoms with van der Waals surface area (Å²) in [6.07, 6.45) is 0.0979. The van der Waals surface area contributed by atoms with Gasteiger partial charge in [0.2, 0.25) is 11.8 Å². The van der Waals surface area contributed by atoms with Crippen molar-refractivity contribution in [3.05, 3.63) is 101 Å². The molecule has 3 aromatic rings. The highest BCUT2D eigenvalue weighted by atomic mass is 35.5. The fraction of sp³-hybridized carbons (Fsp3) is 0.200. The van der Waals surface area contributed by atoms with Crippen LogP contribution in [0.4, 0.5) is 0 Å². The molecular weight excluding hydrogens is 412 g/mol. The summed E-state index contributed by atoms with van der Waals surface area (Å²) in [5, 5.41) is 6.57. The van der Waals surface area contributed by atoms with Gasteiger partial charge in [0.1, 0.15) is 5.75 Å². The molecule has 2 atom stereocenters. The molecule has 5 nitrogen and oxygen atoms in total. The van der Waals surface area contributed by atoms with E-state index in [9.17, 15) is 9.59 Å². The van der Waals surface area contributed by atoms with Gasteiger partial charge < -0.3 is 15.4 Å². The molecule has 0 spiro atoms. The molecule has 0 heterocycles. The molecular formula is C25H25ClN2O3. The predicted molar refractivity (Wildman–Crippen MR) is 122 cm³/mol. The van der Waals surface area contributed by atoms with Crippen LogP contribution in [0.2, 0.25) is 5.02 Å². The van der Waals surface area contributed by atoms with Gasteiger partial charge in [0.15, 0.2) is 0 Å². The van der Waals surface area contributed by atoms with Crippen LogP contribution in [0.1, 0.15) is 42.1 Å². The molecule has 0 saturated heterocycles. The molecule has 0 aliphatic carbocycles. The van der Waals surface area contributed by atoms with E-state index in [4.69, 9.17) is 16.3 Å². The van der Waals surface area contributed by atoms with Crippen LogP contribution in [0.25, 0.3) is 0 Å². The number of methoxy groups -OCH3 is 1. The van der Waals surface area contributed by atoms with Crippen molar-refractivity contribution in [3.8, 4) is 5.75 Å². The van der Waals surface area contributed by atoms with Gasteiger partial charge in [0, 0.05) is 11.9 Å². The standard InChI is InChI=1S/C25H25ClN2O3/c1-17(29)27-23(18-8-12-21(26)13-9-18)16-24(30)28-25(19-6-4-3-5-7-19)20-10-14-22(31-2)15-11-20/h3-15,23,25H,16H2,1-2H3,(H,27,29)(H,28,30). The Hall–Kier alpha value is -3.31. The lowest BCUT2D eigenvalue weighted by molar-refractivity contribution is -0.123. The number of halogens is 1. The second-order valence-electron chi connectivity index (χ2n) is 7.19. The number of nitrogens with one attached hydrogen (secondary N) is 2. The zero-order chi connectivity index (χ0) is 22.2. The summed E-state index contributed by atoms with van der Waals surface area (Å²) >= 11 is 5.98. The Bertz CT molecular complexity index is 1010. The summed E-state index contributed by atoms with van der Waals surface area (Å²) in [6.45, 7) is 1.44. The van der Waals surface area contributed by atoms with Crippen molar-refractivity contribution in [2.45, 2.75) is 25.4 Å². The average molecular weight is 437 g/mol. The van der Waals surface area contributed by atoms with E-state index in [1.54, 1.807) is 19.2 Å². The normalized spacial score (nSPS) is 12.5. The molecule has 2 unspecified atom stereocenters. The second-order valence-corrected chi connectivity index (χ2v) is 7.63. The van der Waals surface area contributed by atoms with E-state index in [0.717, 1.165) is 22.4 Å². The Kier molecular flexibility index (Phi) is 7.68. The molecule has 2 amide bonds. The lowest BCUT2D eigenvalue weighted by Crippen LogP contribution is -2.34. The van der Waals surface area contributed by atoms with Crippen LogP contribution in [-0.4, -0.2) is 18.9 Å². The second kappa shape index (κ2) is 10.6. The number of hydrogen-bond donors (Lipinski definition) is 2. The molecule has 3 aromatic carbocycles. The summed E-state index contributed by atoms with van der Waals surface area (Å²) in [6, 6.07) is 23.7. The molecule has 0 fully saturated rings. The van der Waals surface area contributed by atoms with E-state index < -0.39 is 6.04 Å². The lowest BCUT2D eigenvalue weighted by Gasteiger charge is -2.23. The molecule has 160 valence electrons. The molecule has 31 heavy (non-hydrogen) atoms. The summed E-state index contributed by atoms with van der Waals surface area (Å²) in [5.41, 5.74) is 2.71. The van der Waals surface area contributed by atoms with Crippen molar-refractivity contribution in [3.63, 3.8) is 0 Å². The van der Waals surface area contributed by atoms with Gasteiger partial charge in [0.05, 0.1) is 25.6 Å². The number of amides is 2. The molecule has 0 aliphatic heterocycles. The number of ether oxygens (including phenoxy) is 1. The quantitative estimate of drug-likeness (QED) is 0.532. The molecule has 0 saturated carbocycles. The van der Waals surface area contributed by atoms with Crippen molar-refractivity contribution < 1.29 is 14.3 Å². The maximum absolute atomic E-state index is 13.0. The zero-order valence-electron chi connectivity index (χ0n) is 17.5. The Balaban J connectivity index is 1.82. The van der Waals surface area contributed by atoms with Crippen LogP contribution in [0.15, 0.2) is 78.9 Å². The maximum atomic E-state index is 13.0. The summed E-state index contributed by atoms with van der Waals surface area (Å²) in [7, 11) is 1.62. The summed E-state index contributed by atoms with van der Waals surface area (Å²) in [4.78, 5) is 24.8. The van der Waals surface area contributed by atoms with Gasteiger partial charge in [-0.15, -0.1) is 0 Å². The van der Waals surface area contributed by atoms with Crippen molar-refractivity contribution in [1.82, 2.24) is 10.6 Å². The van der Waals surface area contributed by atoms with Gasteiger partial charge in [-0.05, 0) is 41.0 Å². The zero-order valence-corrected chi connectivity index (χ0v) is 18.2. The van der Waals surface area contributed by atoms with E-state index in [1.807, 2.05) is 66.7 Å². The maximum Gasteiger partial charge on any atom is 0.223 e. The monoisotopic (exact) mass is 436 g/mol. The van der Waals surface area contributed by atoms with E-state index in [-0.39, 0.29) is 24.3 Å². The molecule has 0 aromatic heterocycles. The lowest BCUT2D eigenvalue weighted by atomic mass is 9.97. The first kappa shape index (κ1) is 22.4. The molecule has 0 radical (unpaired) electrons. The Labute approximate surface area is 187 Å². The highest BCUT2D eigenvalue weighted by Gasteiger charge is 2.21. The van der Waals surface area contributed by atoms with Crippen LogP contribution in [0.3, 0.4) is 0 Å². The first-order chi connectivity index (χ1) is 15.0. The van der Waals surface area contributed by atoms with Gasteiger partial charge in [-0.2, -0.15) is 0 Å². The van der Waals surface area contributed by atoms with Gasteiger partial charge in [-0.3, -0.25) is 9.59 Å². The van der Waals surface area contributed by atoms with E-state index >= 15 is 0 Å². The third kappa shape index (κ3) is 6.33. The third-order valence-electron chi connectivity index (χ3n) is 4.93. The minimum atomic E-state index is -0.456. The van der Waals surface area contributed by atoms with E-state index in [1.165, 1.54) is 6.92 Å². The smallest absolute Gasteiger partial charge is 0.223 e. The number of rotatable bonds is 8. The minimum Gasteiger partial charge on any atom is -0.497 e. The largest absolute Gasteiger partial charge is 0.497 e. The van der Waals surface area contributed by atoms with Crippen LogP contribution in [0, 0.1) is 0 Å². The predicted octanol–water partition coefficient (Wildman–Crippen LogP) is 4.82. The fourth-order valence-corrected chi connectivity index (χ4v) is 3.52. The third-order valence-corrected chi connectivity index (χ3v) is 5.18. The molecule has 2 N–H and O–H groups in total. The van der Waals surface area contributed by atoms with Crippen molar-refractivity contribution >= 4 is 23.4 Å². The average Bonchev–Trinajstić information content (AvgIpc) is 2.78. The van der Waals surface area contributed by atoms with Crippen molar-refractivity contribution in [1.29, 1.82) is 0 Å². The first-order valence-corrected chi connectivity index (χ1v) is 10.3. The van der Waals surface area contributed by atoms with Gasteiger partial charge in [-0.25, -0.2) is 0 Å². The van der Waals surface area contributed by atoms with Gasteiger partial charge in [-0.1, -0.05) is 66.2 Å². The Morgan fingerprint density at radius 1 is 0.839 bits per heavy atom. The van der Waals surface area contributed by atoms with E-state index in [0.29, 0.717) is 5.02 Å². The Morgan fingerprint density at radius 2 is 1.42 bits per heavy atom. The number of hydrogen-bond acceptors (Lipinski definition) is 3. The highest BCUT2D eigenvalue weighted by Crippen LogP contribution is 2.25.